The zero-order chi connectivity index (χ0) is 23.2. The Bertz CT molecular complexity index is 1180. The van der Waals surface area contributed by atoms with E-state index in [-0.39, 0.29) is 18.2 Å². The van der Waals surface area contributed by atoms with E-state index in [1.807, 2.05) is 73.4 Å². The molecule has 7 heteroatoms. The molecule has 33 heavy (non-hydrogen) atoms. The third-order valence-corrected chi connectivity index (χ3v) is 5.59. The topological polar surface area (TPSA) is 82.6 Å². The van der Waals surface area contributed by atoms with Crippen molar-refractivity contribution < 1.29 is 13.9 Å². The Balaban J connectivity index is 1.35. The molecule has 1 aliphatic rings. The summed E-state index contributed by atoms with van der Waals surface area (Å²) in [4.78, 5) is 20.6. The predicted molar refractivity (Wildman–Crippen MR) is 127 cm³/mol. The van der Waals surface area contributed by atoms with Gasteiger partial charge in [-0.2, -0.15) is 10.2 Å². The number of para-hydroxylation sites is 1. The lowest BCUT2D eigenvalue weighted by Gasteiger charge is -2.34. The van der Waals surface area contributed by atoms with Gasteiger partial charge in [-0.05, 0) is 37.1 Å². The Kier molecular flexibility index (Phi) is 6.75. The molecule has 0 N–H and O–H groups in total. The van der Waals surface area contributed by atoms with Crippen LogP contribution in [-0.2, 0) is 4.79 Å². The minimum atomic E-state index is -0.0577. The summed E-state index contributed by atoms with van der Waals surface area (Å²) in [6.07, 6.45) is 3.67. The van der Waals surface area contributed by atoms with Gasteiger partial charge in [0.25, 0.3) is 5.91 Å². The standard InChI is InChI=1S/C26H26N4O3/c1-19-7-9-21(10-8-19)11-12-24-28-22(17-27)26(33-24)30-15-13-29(14-16-30)25(31)18-32-23-6-4-3-5-20(23)2/h3-12H,13-16,18H2,1-2H3. The zero-order valence-electron chi connectivity index (χ0n) is 18.8. The van der Waals surface area contributed by atoms with Crippen LogP contribution in [0.5, 0.6) is 5.75 Å². The van der Waals surface area contributed by atoms with Gasteiger partial charge in [-0.3, -0.25) is 4.79 Å². The molecular weight excluding hydrogens is 416 g/mol. The minimum Gasteiger partial charge on any atom is -0.484 e. The van der Waals surface area contributed by atoms with Gasteiger partial charge in [-0.1, -0.05) is 48.0 Å². The highest BCUT2D eigenvalue weighted by atomic mass is 16.5. The van der Waals surface area contributed by atoms with Crippen molar-refractivity contribution in [2.45, 2.75) is 13.8 Å². The Hall–Kier alpha value is -4.05. The van der Waals surface area contributed by atoms with Gasteiger partial charge < -0.3 is 19.0 Å². The highest BCUT2D eigenvalue weighted by molar-refractivity contribution is 5.78. The number of nitrogens with zero attached hydrogens (tertiary/aromatic N) is 4. The third-order valence-electron chi connectivity index (χ3n) is 5.59. The monoisotopic (exact) mass is 442 g/mol. The maximum atomic E-state index is 12.6. The minimum absolute atomic E-state index is 0.00452. The van der Waals surface area contributed by atoms with E-state index in [0.29, 0.717) is 38.0 Å². The highest BCUT2D eigenvalue weighted by Crippen LogP contribution is 2.24. The summed E-state index contributed by atoms with van der Waals surface area (Å²) in [7, 11) is 0. The van der Waals surface area contributed by atoms with E-state index in [9.17, 15) is 10.1 Å². The van der Waals surface area contributed by atoms with Crippen LogP contribution in [0.4, 0.5) is 5.88 Å². The van der Waals surface area contributed by atoms with E-state index in [1.54, 1.807) is 11.0 Å². The van der Waals surface area contributed by atoms with Crippen molar-refractivity contribution in [1.82, 2.24) is 9.88 Å². The zero-order valence-corrected chi connectivity index (χ0v) is 18.8. The van der Waals surface area contributed by atoms with E-state index in [1.165, 1.54) is 5.56 Å². The summed E-state index contributed by atoms with van der Waals surface area (Å²) in [5.41, 5.74) is 3.47. The SMILES string of the molecule is Cc1ccc(C=Cc2nc(C#N)c(N3CCN(C(=O)COc4ccccc4C)CC3)o2)cc1. The molecule has 168 valence electrons. The molecule has 0 atom stereocenters. The van der Waals surface area contributed by atoms with Gasteiger partial charge in [-0.25, -0.2) is 0 Å². The van der Waals surface area contributed by atoms with Crippen LogP contribution in [0.2, 0.25) is 0 Å². The Morgan fingerprint density at radius 3 is 2.52 bits per heavy atom. The molecule has 0 spiro atoms. The van der Waals surface area contributed by atoms with Crippen molar-refractivity contribution in [3.8, 4) is 11.8 Å². The average Bonchev–Trinajstić information content (AvgIpc) is 3.26. The summed E-state index contributed by atoms with van der Waals surface area (Å²) < 4.78 is 11.6. The lowest BCUT2D eigenvalue weighted by molar-refractivity contribution is -0.133. The molecule has 1 amide bonds. The first-order valence-electron chi connectivity index (χ1n) is 10.9. The molecule has 0 bridgehead atoms. The number of aromatic nitrogens is 1. The number of hydrogen-bond acceptors (Lipinski definition) is 6. The van der Waals surface area contributed by atoms with Crippen molar-refractivity contribution in [2.75, 3.05) is 37.7 Å². The molecule has 1 aromatic heterocycles. The van der Waals surface area contributed by atoms with Gasteiger partial charge in [0.2, 0.25) is 17.5 Å². The molecule has 4 rings (SSSR count). The van der Waals surface area contributed by atoms with Gasteiger partial charge in [0.1, 0.15) is 11.8 Å². The molecular formula is C26H26N4O3. The van der Waals surface area contributed by atoms with Crippen LogP contribution in [0.15, 0.2) is 52.9 Å². The van der Waals surface area contributed by atoms with Crippen LogP contribution in [0, 0.1) is 25.2 Å². The van der Waals surface area contributed by atoms with E-state index in [0.717, 1.165) is 16.9 Å². The number of aryl methyl sites for hydroxylation is 2. The smallest absolute Gasteiger partial charge is 0.260 e. The van der Waals surface area contributed by atoms with Gasteiger partial charge in [0.15, 0.2) is 6.61 Å². The van der Waals surface area contributed by atoms with Crippen molar-refractivity contribution >= 4 is 23.9 Å². The van der Waals surface area contributed by atoms with Crippen molar-refractivity contribution in [3.05, 3.63) is 76.8 Å². The molecule has 0 saturated carbocycles. The van der Waals surface area contributed by atoms with Crippen LogP contribution in [0.1, 0.15) is 28.3 Å². The summed E-state index contributed by atoms with van der Waals surface area (Å²) in [6.45, 7) is 6.16. The maximum Gasteiger partial charge on any atom is 0.260 e. The van der Waals surface area contributed by atoms with Crippen molar-refractivity contribution in [2.24, 2.45) is 0 Å². The quantitative estimate of drug-likeness (QED) is 0.573. The first kappa shape index (κ1) is 22.2. The average molecular weight is 443 g/mol. The third kappa shape index (κ3) is 5.42. The summed E-state index contributed by atoms with van der Waals surface area (Å²) in [5, 5.41) is 9.51. The van der Waals surface area contributed by atoms with Crippen molar-refractivity contribution in [1.29, 1.82) is 5.26 Å². The molecule has 3 aromatic rings. The van der Waals surface area contributed by atoms with Gasteiger partial charge in [-0.15, -0.1) is 0 Å². The number of oxazole rings is 1. The van der Waals surface area contributed by atoms with E-state index >= 15 is 0 Å². The van der Waals surface area contributed by atoms with Crippen LogP contribution in [0.25, 0.3) is 12.2 Å². The molecule has 1 fully saturated rings. The lowest BCUT2D eigenvalue weighted by Crippen LogP contribution is -2.50. The Morgan fingerprint density at radius 1 is 1.09 bits per heavy atom. The molecule has 0 unspecified atom stereocenters. The molecule has 0 aliphatic carbocycles. The first-order valence-corrected chi connectivity index (χ1v) is 10.9. The lowest BCUT2D eigenvalue weighted by atomic mass is 10.1. The number of piperazine rings is 1. The van der Waals surface area contributed by atoms with Crippen LogP contribution in [0.3, 0.4) is 0 Å². The normalized spacial score (nSPS) is 13.8. The Morgan fingerprint density at radius 2 is 1.82 bits per heavy atom. The molecule has 2 aromatic carbocycles. The predicted octanol–water partition coefficient (Wildman–Crippen LogP) is 4.06. The number of ether oxygens (including phenoxy) is 1. The molecule has 2 heterocycles. The molecule has 1 aliphatic heterocycles. The molecule has 0 radical (unpaired) electrons. The second-order valence-corrected chi connectivity index (χ2v) is 7.98. The summed E-state index contributed by atoms with van der Waals surface area (Å²) >= 11 is 0. The number of carbonyl (C=O) groups is 1. The van der Waals surface area contributed by atoms with E-state index in [2.05, 4.69) is 11.1 Å². The van der Waals surface area contributed by atoms with Crippen LogP contribution in [-0.4, -0.2) is 48.6 Å². The largest absolute Gasteiger partial charge is 0.484 e. The first-order chi connectivity index (χ1) is 16.0. The second-order valence-electron chi connectivity index (χ2n) is 7.98. The van der Waals surface area contributed by atoms with E-state index < -0.39 is 0 Å². The molecule has 7 nitrogen and oxygen atoms in total. The number of carbonyl (C=O) groups excluding carboxylic acids is 1. The molecule has 1 saturated heterocycles. The fourth-order valence-corrected chi connectivity index (χ4v) is 3.64. The van der Waals surface area contributed by atoms with Gasteiger partial charge in [0.05, 0.1) is 0 Å². The fourth-order valence-electron chi connectivity index (χ4n) is 3.64. The van der Waals surface area contributed by atoms with Crippen LogP contribution >= 0.6 is 0 Å². The van der Waals surface area contributed by atoms with E-state index in [4.69, 9.17) is 9.15 Å². The fraction of sp³-hybridized carbons (Fsp3) is 0.269. The second kappa shape index (κ2) is 10.0. The summed E-state index contributed by atoms with van der Waals surface area (Å²) in [5.74, 6) is 1.49. The van der Waals surface area contributed by atoms with Gasteiger partial charge >= 0.3 is 0 Å². The Labute approximate surface area is 193 Å². The number of amides is 1. The van der Waals surface area contributed by atoms with Crippen molar-refractivity contribution in [3.63, 3.8) is 0 Å². The number of benzene rings is 2. The van der Waals surface area contributed by atoms with Gasteiger partial charge in [0, 0.05) is 32.3 Å². The number of hydrogen-bond donors (Lipinski definition) is 0. The summed E-state index contributed by atoms with van der Waals surface area (Å²) in [6, 6.07) is 17.9. The maximum absolute atomic E-state index is 12.6. The van der Waals surface area contributed by atoms with Crippen LogP contribution < -0.4 is 9.64 Å². The number of anilines is 1. The number of rotatable bonds is 6. The number of nitriles is 1. The highest BCUT2D eigenvalue weighted by Gasteiger charge is 2.26.